The second kappa shape index (κ2) is 5.08. The third-order valence-electron chi connectivity index (χ3n) is 3.22. The summed E-state index contributed by atoms with van der Waals surface area (Å²) in [6.07, 6.45) is 2.45. The van der Waals surface area contributed by atoms with Crippen LogP contribution in [-0.4, -0.2) is 19.3 Å². The highest BCUT2D eigenvalue weighted by Crippen LogP contribution is 2.19. The molecule has 1 aromatic carbocycles. The Balaban J connectivity index is 1.83. The van der Waals surface area contributed by atoms with Crippen LogP contribution >= 0.6 is 11.3 Å². The molecule has 1 aliphatic heterocycles. The Morgan fingerprint density at radius 1 is 1.39 bits per heavy atom. The molecule has 0 aliphatic carbocycles. The lowest BCUT2D eigenvalue weighted by Crippen LogP contribution is -2.21. The van der Waals surface area contributed by atoms with Gasteiger partial charge < -0.3 is 10.1 Å². The molecule has 2 heterocycles. The molecule has 0 spiro atoms. The average molecular weight is 261 g/mol. The Bertz CT molecular complexity index is 602. The van der Waals surface area contributed by atoms with Gasteiger partial charge >= 0.3 is 0 Å². The highest BCUT2D eigenvalue weighted by Gasteiger charge is 2.15. The molecule has 1 unspecified atom stereocenters. The number of anilines is 1. The van der Waals surface area contributed by atoms with Crippen LogP contribution in [0.4, 0.5) is 5.69 Å². The molecule has 0 radical (unpaired) electrons. The molecular formula is C14H15NO2S. The maximum atomic E-state index is 12.2. The van der Waals surface area contributed by atoms with Gasteiger partial charge in [0.05, 0.1) is 11.8 Å². The summed E-state index contributed by atoms with van der Waals surface area (Å²) in [6.45, 7) is 1.57. The standard InChI is InChI=1S/C14H15NO2S/c16-14-11-5-1-2-6-13(11)18-9-12(14)15-8-10-4-3-7-17-10/h1-2,5-6,9-10,15H,3-4,7-8H2. The third-order valence-corrected chi connectivity index (χ3v) is 4.19. The third kappa shape index (κ3) is 2.26. The molecule has 1 saturated heterocycles. The zero-order valence-corrected chi connectivity index (χ0v) is 10.8. The smallest absolute Gasteiger partial charge is 0.211 e. The van der Waals surface area contributed by atoms with Crippen LogP contribution in [0.1, 0.15) is 12.8 Å². The van der Waals surface area contributed by atoms with Crippen LogP contribution in [-0.2, 0) is 4.74 Å². The highest BCUT2D eigenvalue weighted by molar-refractivity contribution is 7.16. The predicted octanol–water partition coefficient (Wildman–Crippen LogP) is 2.85. The summed E-state index contributed by atoms with van der Waals surface area (Å²) < 4.78 is 6.57. The first-order chi connectivity index (χ1) is 8.84. The molecule has 94 valence electrons. The molecule has 1 N–H and O–H groups in total. The first kappa shape index (κ1) is 11.7. The van der Waals surface area contributed by atoms with Gasteiger partial charge in [-0.3, -0.25) is 4.79 Å². The lowest BCUT2D eigenvalue weighted by atomic mass is 10.2. The van der Waals surface area contributed by atoms with E-state index >= 15 is 0 Å². The number of benzene rings is 1. The van der Waals surface area contributed by atoms with Crippen molar-refractivity contribution >= 4 is 27.1 Å². The Morgan fingerprint density at radius 3 is 3.11 bits per heavy atom. The number of ether oxygens (including phenoxy) is 1. The highest BCUT2D eigenvalue weighted by atomic mass is 32.1. The summed E-state index contributed by atoms with van der Waals surface area (Å²) in [5, 5.41) is 5.91. The van der Waals surface area contributed by atoms with Crippen molar-refractivity contribution in [1.29, 1.82) is 0 Å². The molecule has 1 fully saturated rings. The lowest BCUT2D eigenvalue weighted by Gasteiger charge is -2.11. The zero-order chi connectivity index (χ0) is 12.4. The zero-order valence-electron chi connectivity index (χ0n) is 10.0. The van der Waals surface area contributed by atoms with E-state index in [2.05, 4.69) is 5.32 Å². The van der Waals surface area contributed by atoms with Crippen molar-refractivity contribution in [1.82, 2.24) is 0 Å². The van der Waals surface area contributed by atoms with Crippen molar-refractivity contribution in [3.8, 4) is 0 Å². The molecule has 0 amide bonds. The number of hydrogen-bond acceptors (Lipinski definition) is 4. The average Bonchev–Trinajstić information content (AvgIpc) is 2.91. The summed E-state index contributed by atoms with van der Waals surface area (Å²) in [5.41, 5.74) is 0.775. The molecule has 0 bridgehead atoms. The van der Waals surface area contributed by atoms with E-state index in [-0.39, 0.29) is 11.5 Å². The lowest BCUT2D eigenvalue weighted by molar-refractivity contribution is 0.120. The van der Waals surface area contributed by atoms with Crippen LogP contribution in [0.15, 0.2) is 34.4 Å². The quantitative estimate of drug-likeness (QED) is 0.923. The van der Waals surface area contributed by atoms with E-state index in [1.54, 1.807) is 11.3 Å². The molecule has 0 saturated carbocycles. The molecule has 18 heavy (non-hydrogen) atoms. The first-order valence-corrected chi connectivity index (χ1v) is 7.08. The summed E-state index contributed by atoms with van der Waals surface area (Å²) >= 11 is 1.60. The van der Waals surface area contributed by atoms with E-state index in [1.807, 2.05) is 29.6 Å². The van der Waals surface area contributed by atoms with Crippen LogP contribution in [0.25, 0.3) is 10.1 Å². The van der Waals surface area contributed by atoms with E-state index in [4.69, 9.17) is 4.74 Å². The topological polar surface area (TPSA) is 38.3 Å². The van der Waals surface area contributed by atoms with Gasteiger partial charge in [-0.15, -0.1) is 11.3 Å². The minimum absolute atomic E-state index is 0.0855. The summed E-state index contributed by atoms with van der Waals surface area (Å²) in [7, 11) is 0. The van der Waals surface area contributed by atoms with Crippen molar-refractivity contribution in [3.63, 3.8) is 0 Å². The SMILES string of the molecule is O=c1c(NCC2CCCO2)csc2ccccc12. The second-order valence-corrected chi connectivity index (χ2v) is 5.40. The van der Waals surface area contributed by atoms with Crippen molar-refractivity contribution in [2.75, 3.05) is 18.5 Å². The van der Waals surface area contributed by atoms with Gasteiger partial charge in [-0.1, -0.05) is 12.1 Å². The van der Waals surface area contributed by atoms with Gasteiger partial charge in [-0.05, 0) is 25.0 Å². The molecule has 3 nitrogen and oxygen atoms in total. The molecular weight excluding hydrogens is 246 g/mol. The fraction of sp³-hybridized carbons (Fsp3) is 0.357. The van der Waals surface area contributed by atoms with Crippen LogP contribution in [0.5, 0.6) is 0 Å². The molecule has 1 atom stereocenters. The number of rotatable bonds is 3. The fourth-order valence-corrected chi connectivity index (χ4v) is 3.11. The summed E-state index contributed by atoms with van der Waals surface area (Å²) in [5.74, 6) is 0. The van der Waals surface area contributed by atoms with Gasteiger partial charge in [0.1, 0.15) is 0 Å². The maximum Gasteiger partial charge on any atom is 0.211 e. The van der Waals surface area contributed by atoms with Gasteiger partial charge in [0.15, 0.2) is 0 Å². The Hall–Kier alpha value is -1.39. The van der Waals surface area contributed by atoms with E-state index < -0.39 is 0 Å². The fourth-order valence-electron chi connectivity index (χ4n) is 2.23. The number of fused-ring (bicyclic) bond motifs is 1. The minimum Gasteiger partial charge on any atom is -0.379 e. The monoisotopic (exact) mass is 261 g/mol. The largest absolute Gasteiger partial charge is 0.379 e. The Morgan fingerprint density at radius 2 is 2.28 bits per heavy atom. The van der Waals surface area contributed by atoms with E-state index in [0.29, 0.717) is 5.69 Å². The molecule has 1 aromatic heterocycles. The molecule has 1 aliphatic rings. The van der Waals surface area contributed by atoms with Crippen LogP contribution in [0.3, 0.4) is 0 Å². The van der Waals surface area contributed by atoms with E-state index in [1.165, 1.54) is 0 Å². The van der Waals surface area contributed by atoms with E-state index in [9.17, 15) is 4.79 Å². The van der Waals surface area contributed by atoms with E-state index in [0.717, 1.165) is 36.1 Å². The van der Waals surface area contributed by atoms with Gasteiger partial charge in [-0.2, -0.15) is 0 Å². The number of hydrogen-bond donors (Lipinski definition) is 1. The Labute approximate surface area is 109 Å². The summed E-state index contributed by atoms with van der Waals surface area (Å²) in [6, 6.07) is 7.72. The molecule has 3 rings (SSSR count). The molecule has 2 aromatic rings. The van der Waals surface area contributed by atoms with Crippen molar-refractivity contribution in [2.24, 2.45) is 0 Å². The predicted molar refractivity (Wildman–Crippen MR) is 75.6 cm³/mol. The van der Waals surface area contributed by atoms with Crippen molar-refractivity contribution < 1.29 is 4.74 Å². The Kier molecular flexibility index (Phi) is 3.30. The first-order valence-electron chi connectivity index (χ1n) is 6.20. The summed E-state index contributed by atoms with van der Waals surface area (Å²) in [4.78, 5) is 12.2. The number of nitrogens with one attached hydrogen (secondary N) is 1. The maximum absolute atomic E-state index is 12.2. The van der Waals surface area contributed by atoms with Gasteiger partial charge in [-0.25, -0.2) is 0 Å². The van der Waals surface area contributed by atoms with Gasteiger partial charge in [0, 0.05) is 28.6 Å². The van der Waals surface area contributed by atoms with Crippen molar-refractivity contribution in [2.45, 2.75) is 18.9 Å². The van der Waals surface area contributed by atoms with Crippen LogP contribution in [0, 0.1) is 0 Å². The molecule has 4 heteroatoms. The van der Waals surface area contributed by atoms with Gasteiger partial charge in [0.2, 0.25) is 5.43 Å². The minimum atomic E-state index is 0.0855. The van der Waals surface area contributed by atoms with Crippen LogP contribution in [0.2, 0.25) is 0 Å². The van der Waals surface area contributed by atoms with Crippen molar-refractivity contribution in [3.05, 3.63) is 39.9 Å². The second-order valence-electron chi connectivity index (χ2n) is 4.49. The van der Waals surface area contributed by atoms with Crippen LogP contribution < -0.4 is 10.7 Å². The normalized spacial score (nSPS) is 19.2. The van der Waals surface area contributed by atoms with Gasteiger partial charge in [0.25, 0.3) is 0 Å².